The van der Waals surface area contributed by atoms with Crippen LogP contribution in [0.5, 0.6) is 0 Å². The average molecular weight is 310 g/mol. The van der Waals surface area contributed by atoms with E-state index in [1.807, 2.05) is 0 Å². The molecule has 1 aliphatic rings. The highest BCUT2D eigenvalue weighted by Gasteiger charge is 2.30. The van der Waals surface area contributed by atoms with Gasteiger partial charge in [0.25, 0.3) is 0 Å². The number of nitrogens with zero attached hydrogens (tertiary/aromatic N) is 1. The van der Waals surface area contributed by atoms with E-state index in [1.165, 1.54) is 12.1 Å². The van der Waals surface area contributed by atoms with Crippen molar-refractivity contribution in [2.75, 3.05) is 20.2 Å². The fourth-order valence-electron chi connectivity index (χ4n) is 1.81. The van der Waals surface area contributed by atoms with Crippen molar-refractivity contribution in [1.82, 2.24) is 10.2 Å². The van der Waals surface area contributed by atoms with Crippen molar-refractivity contribution in [3.8, 4) is 0 Å². The first-order valence-corrected chi connectivity index (χ1v) is 7.60. The molecule has 0 radical (unpaired) electrons. The second-order valence-electron chi connectivity index (χ2n) is 4.23. The average Bonchev–Trinajstić information content (AvgIpc) is 2.90. The molecule has 7 nitrogen and oxygen atoms in total. The van der Waals surface area contributed by atoms with Crippen LogP contribution in [0.2, 0.25) is 0 Å². The predicted octanol–water partition coefficient (Wildman–Crippen LogP) is 0.500. The van der Waals surface area contributed by atoms with E-state index in [-0.39, 0.29) is 11.4 Å². The van der Waals surface area contributed by atoms with Crippen molar-refractivity contribution < 1.29 is 22.7 Å². The van der Waals surface area contributed by atoms with Crippen LogP contribution in [0.4, 0.5) is 4.79 Å². The van der Waals surface area contributed by atoms with Crippen LogP contribution in [0, 0.1) is 0 Å². The van der Waals surface area contributed by atoms with E-state index in [9.17, 15) is 18.0 Å². The summed E-state index contributed by atoms with van der Waals surface area (Å²) in [5.74, 6) is -1.02. The van der Waals surface area contributed by atoms with Gasteiger partial charge in [-0.05, 0) is 12.1 Å². The molecule has 1 saturated heterocycles. The molecule has 21 heavy (non-hydrogen) atoms. The van der Waals surface area contributed by atoms with Crippen LogP contribution in [0.3, 0.4) is 0 Å². The smallest absolute Gasteiger partial charge is 0.351 e. The molecule has 1 fully saturated rings. The van der Waals surface area contributed by atoms with Gasteiger partial charge in [-0.25, -0.2) is 18.0 Å². The molecule has 2 amide bonds. The number of ether oxygens (including phenoxy) is 1. The van der Waals surface area contributed by atoms with Crippen molar-refractivity contribution >= 4 is 21.8 Å². The summed E-state index contributed by atoms with van der Waals surface area (Å²) < 4.78 is 29.5. The number of benzene rings is 1. The Labute approximate surface area is 122 Å². The molecule has 0 aromatic heterocycles. The first-order valence-electron chi connectivity index (χ1n) is 6.11. The number of hydrogen-bond donors (Lipinski definition) is 1. The number of amides is 2. The molecule has 0 bridgehead atoms. The van der Waals surface area contributed by atoms with E-state index >= 15 is 0 Å². The molecule has 1 aliphatic heterocycles. The first-order chi connectivity index (χ1) is 9.96. The Morgan fingerprint density at radius 3 is 2.52 bits per heavy atom. The lowest BCUT2D eigenvalue weighted by Crippen LogP contribution is -2.26. The summed E-state index contributed by atoms with van der Waals surface area (Å²) in [6.07, 6.45) is 1.01. The van der Waals surface area contributed by atoms with Crippen LogP contribution in [0.25, 0.3) is 0 Å². The predicted molar refractivity (Wildman–Crippen MR) is 73.8 cm³/mol. The summed E-state index contributed by atoms with van der Waals surface area (Å²) in [4.78, 5) is 23.8. The number of nitrogens with one attached hydrogen (secondary N) is 1. The lowest BCUT2D eigenvalue weighted by Gasteiger charge is -2.12. The van der Waals surface area contributed by atoms with Gasteiger partial charge in [-0.15, -0.1) is 0 Å². The minimum atomic E-state index is -4.06. The number of carbonyl (C=O) groups is 2. The van der Waals surface area contributed by atoms with Gasteiger partial charge in [0, 0.05) is 19.3 Å². The van der Waals surface area contributed by atoms with Gasteiger partial charge < -0.3 is 10.1 Å². The molecule has 1 aromatic carbocycles. The van der Waals surface area contributed by atoms with Gasteiger partial charge >= 0.3 is 12.0 Å². The Balaban J connectivity index is 2.48. The maximum absolute atomic E-state index is 12.5. The van der Waals surface area contributed by atoms with E-state index < -0.39 is 26.7 Å². The molecule has 1 N–H and O–H groups in total. The van der Waals surface area contributed by atoms with Crippen molar-refractivity contribution in [3.05, 3.63) is 41.4 Å². The summed E-state index contributed by atoms with van der Waals surface area (Å²) >= 11 is 0. The number of urea groups is 1. The number of methoxy groups -OCH3 is 1. The van der Waals surface area contributed by atoms with Crippen LogP contribution in [0.1, 0.15) is 0 Å². The Hall–Kier alpha value is -2.35. The molecule has 2 rings (SSSR count). The topological polar surface area (TPSA) is 92.8 Å². The fraction of sp³-hybridized carbons (Fsp3) is 0.231. The number of esters is 1. The molecule has 1 heterocycles. The molecule has 0 atom stereocenters. The molecule has 8 heteroatoms. The van der Waals surface area contributed by atoms with E-state index in [4.69, 9.17) is 0 Å². The maximum atomic E-state index is 12.5. The highest BCUT2D eigenvalue weighted by Crippen LogP contribution is 2.21. The van der Waals surface area contributed by atoms with Gasteiger partial charge in [0.05, 0.1) is 12.0 Å². The van der Waals surface area contributed by atoms with E-state index in [2.05, 4.69) is 10.1 Å². The standard InChI is InChI=1S/C13H14N2O5S/c1-20-12(16)11(9-15-8-7-14-13(15)17)21(18,19)10-5-3-2-4-6-10/h2-6,9H,7-8H2,1H3,(H,14,17)/b11-9+. The summed E-state index contributed by atoms with van der Waals surface area (Å²) in [5, 5.41) is 2.52. The molecule has 112 valence electrons. The number of carbonyl (C=O) groups excluding carboxylic acids is 2. The zero-order valence-corrected chi connectivity index (χ0v) is 12.1. The summed E-state index contributed by atoms with van der Waals surface area (Å²) in [6.45, 7) is 0.665. The van der Waals surface area contributed by atoms with Gasteiger partial charge in [0.2, 0.25) is 9.84 Å². The second-order valence-corrected chi connectivity index (χ2v) is 6.14. The largest absolute Gasteiger partial charge is 0.465 e. The number of sulfone groups is 1. The van der Waals surface area contributed by atoms with Crippen LogP contribution in [-0.2, 0) is 19.4 Å². The van der Waals surface area contributed by atoms with Crippen LogP contribution in [0.15, 0.2) is 46.3 Å². The Bertz CT molecular complexity index is 682. The Morgan fingerprint density at radius 2 is 2.00 bits per heavy atom. The van der Waals surface area contributed by atoms with Crippen molar-refractivity contribution in [3.63, 3.8) is 0 Å². The first kappa shape index (κ1) is 15.0. The molecule has 0 aliphatic carbocycles. The SMILES string of the molecule is COC(=O)/C(=C\N1CCNC1=O)S(=O)(=O)c1ccccc1. The van der Waals surface area contributed by atoms with Crippen LogP contribution in [-0.4, -0.2) is 45.5 Å². The number of rotatable bonds is 4. The quantitative estimate of drug-likeness (QED) is 0.646. The maximum Gasteiger partial charge on any atom is 0.351 e. The Morgan fingerprint density at radius 1 is 1.33 bits per heavy atom. The van der Waals surface area contributed by atoms with Gasteiger partial charge in [-0.1, -0.05) is 18.2 Å². The molecule has 1 aromatic rings. The third kappa shape index (κ3) is 3.05. The summed E-state index contributed by atoms with van der Waals surface area (Å²) in [6, 6.07) is 7.04. The zero-order chi connectivity index (χ0) is 15.5. The highest BCUT2D eigenvalue weighted by atomic mass is 32.2. The summed E-state index contributed by atoms with van der Waals surface area (Å²) in [5.41, 5.74) is 0. The minimum absolute atomic E-state index is 0.0405. The molecular weight excluding hydrogens is 296 g/mol. The van der Waals surface area contributed by atoms with Gasteiger partial charge in [-0.3, -0.25) is 4.90 Å². The van der Waals surface area contributed by atoms with Gasteiger partial charge in [0.15, 0.2) is 4.91 Å². The third-order valence-electron chi connectivity index (χ3n) is 2.89. The molecule has 0 saturated carbocycles. The minimum Gasteiger partial charge on any atom is -0.465 e. The molecule has 0 unspecified atom stereocenters. The van der Waals surface area contributed by atoms with Crippen molar-refractivity contribution in [2.24, 2.45) is 0 Å². The van der Waals surface area contributed by atoms with Crippen LogP contribution < -0.4 is 5.32 Å². The van der Waals surface area contributed by atoms with Crippen molar-refractivity contribution in [2.45, 2.75) is 4.90 Å². The zero-order valence-electron chi connectivity index (χ0n) is 11.3. The highest BCUT2D eigenvalue weighted by molar-refractivity contribution is 7.96. The lowest BCUT2D eigenvalue weighted by molar-refractivity contribution is -0.135. The fourth-order valence-corrected chi connectivity index (χ4v) is 3.15. The van der Waals surface area contributed by atoms with Crippen LogP contribution >= 0.6 is 0 Å². The Kier molecular flexibility index (Phi) is 4.27. The van der Waals surface area contributed by atoms with Crippen molar-refractivity contribution in [1.29, 1.82) is 0 Å². The number of hydrogen-bond acceptors (Lipinski definition) is 5. The second kappa shape index (κ2) is 5.96. The molecule has 0 spiro atoms. The van der Waals surface area contributed by atoms with E-state index in [1.54, 1.807) is 18.2 Å². The van der Waals surface area contributed by atoms with E-state index in [0.717, 1.165) is 18.2 Å². The van der Waals surface area contributed by atoms with E-state index in [0.29, 0.717) is 6.54 Å². The monoisotopic (exact) mass is 310 g/mol. The molecular formula is C13H14N2O5S. The van der Waals surface area contributed by atoms with Gasteiger partial charge in [-0.2, -0.15) is 0 Å². The third-order valence-corrected chi connectivity index (χ3v) is 4.64. The van der Waals surface area contributed by atoms with Gasteiger partial charge in [0.1, 0.15) is 0 Å². The normalized spacial score (nSPS) is 15.8. The summed E-state index contributed by atoms with van der Waals surface area (Å²) in [7, 11) is -2.97. The lowest BCUT2D eigenvalue weighted by atomic mass is 10.4.